The van der Waals surface area contributed by atoms with Crippen LogP contribution in [0.5, 0.6) is 5.75 Å². The van der Waals surface area contributed by atoms with E-state index in [1.165, 1.54) is 12.1 Å². The van der Waals surface area contributed by atoms with Crippen LogP contribution in [0.2, 0.25) is 0 Å². The molecular weight excluding hydrogens is 217 g/mol. The van der Waals surface area contributed by atoms with Crippen LogP contribution in [0.1, 0.15) is 18.5 Å². The van der Waals surface area contributed by atoms with Crippen LogP contribution in [0.25, 0.3) is 0 Å². The van der Waals surface area contributed by atoms with Crippen molar-refractivity contribution >= 4 is 5.69 Å². The summed E-state index contributed by atoms with van der Waals surface area (Å²) in [5.74, 6) is -0.0142. The Kier molecular flexibility index (Phi) is 3.28. The maximum absolute atomic E-state index is 12.8. The molecule has 3 heteroatoms. The van der Waals surface area contributed by atoms with Gasteiger partial charge < -0.3 is 10.4 Å². The number of halogens is 1. The lowest BCUT2D eigenvalue weighted by Crippen LogP contribution is -2.06. The first kappa shape index (κ1) is 11.5. The molecule has 0 aliphatic carbocycles. The van der Waals surface area contributed by atoms with Crippen molar-refractivity contribution in [3.63, 3.8) is 0 Å². The van der Waals surface area contributed by atoms with Gasteiger partial charge in [0, 0.05) is 17.8 Å². The van der Waals surface area contributed by atoms with Gasteiger partial charge in [-0.3, -0.25) is 0 Å². The van der Waals surface area contributed by atoms with Gasteiger partial charge in [-0.25, -0.2) is 4.39 Å². The van der Waals surface area contributed by atoms with Crippen LogP contribution in [0, 0.1) is 5.82 Å². The second-order valence-electron chi connectivity index (χ2n) is 3.97. The van der Waals surface area contributed by atoms with Crippen molar-refractivity contribution in [2.75, 3.05) is 5.32 Å². The third kappa shape index (κ3) is 2.97. The topological polar surface area (TPSA) is 32.3 Å². The van der Waals surface area contributed by atoms with Crippen LogP contribution in [-0.2, 0) is 0 Å². The second-order valence-corrected chi connectivity index (χ2v) is 3.97. The van der Waals surface area contributed by atoms with Crippen LogP contribution < -0.4 is 5.32 Å². The fourth-order valence-electron chi connectivity index (χ4n) is 1.68. The zero-order chi connectivity index (χ0) is 12.3. The highest BCUT2D eigenvalue weighted by Crippen LogP contribution is 2.22. The first-order valence-electron chi connectivity index (χ1n) is 5.46. The van der Waals surface area contributed by atoms with Gasteiger partial charge >= 0.3 is 0 Å². The van der Waals surface area contributed by atoms with E-state index in [9.17, 15) is 9.50 Å². The lowest BCUT2D eigenvalue weighted by atomic mass is 10.1. The van der Waals surface area contributed by atoms with Gasteiger partial charge in [0.05, 0.1) is 0 Å². The van der Waals surface area contributed by atoms with Crippen molar-refractivity contribution in [1.29, 1.82) is 0 Å². The van der Waals surface area contributed by atoms with Gasteiger partial charge in [-0.05, 0) is 36.8 Å². The van der Waals surface area contributed by atoms with Crippen molar-refractivity contribution in [2.24, 2.45) is 0 Å². The van der Waals surface area contributed by atoms with Crippen molar-refractivity contribution in [3.8, 4) is 5.75 Å². The molecule has 1 unspecified atom stereocenters. The summed E-state index contributed by atoms with van der Waals surface area (Å²) in [6, 6.07) is 13.3. The predicted octanol–water partition coefficient (Wildman–Crippen LogP) is 3.70. The molecular formula is C14H14FNO. The Morgan fingerprint density at radius 2 is 1.82 bits per heavy atom. The van der Waals surface area contributed by atoms with Crippen LogP contribution in [0.15, 0.2) is 48.5 Å². The highest BCUT2D eigenvalue weighted by atomic mass is 19.1. The van der Waals surface area contributed by atoms with Crippen molar-refractivity contribution in [3.05, 3.63) is 59.9 Å². The highest BCUT2D eigenvalue weighted by molar-refractivity contribution is 5.49. The molecule has 0 saturated carbocycles. The molecule has 1 atom stereocenters. The summed E-state index contributed by atoms with van der Waals surface area (Å²) in [6.07, 6.45) is 0. The van der Waals surface area contributed by atoms with E-state index in [1.807, 2.05) is 13.0 Å². The summed E-state index contributed by atoms with van der Waals surface area (Å²) in [7, 11) is 0. The van der Waals surface area contributed by atoms with Gasteiger partial charge in [-0.1, -0.05) is 18.2 Å². The number of aromatic hydroxyl groups is 1. The molecule has 0 bridgehead atoms. The molecule has 0 heterocycles. The predicted molar refractivity (Wildman–Crippen MR) is 66.5 cm³/mol. The summed E-state index contributed by atoms with van der Waals surface area (Å²) in [5, 5.41) is 12.6. The monoisotopic (exact) mass is 231 g/mol. The second kappa shape index (κ2) is 4.87. The zero-order valence-corrected chi connectivity index (χ0v) is 9.52. The van der Waals surface area contributed by atoms with E-state index < -0.39 is 0 Å². The van der Waals surface area contributed by atoms with Gasteiger partial charge in [-0.15, -0.1) is 0 Å². The number of anilines is 1. The Morgan fingerprint density at radius 1 is 1.12 bits per heavy atom. The van der Waals surface area contributed by atoms with Crippen molar-refractivity contribution in [2.45, 2.75) is 13.0 Å². The Hall–Kier alpha value is -2.03. The average Bonchev–Trinajstić information content (AvgIpc) is 2.29. The van der Waals surface area contributed by atoms with E-state index in [-0.39, 0.29) is 17.6 Å². The quantitative estimate of drug-likeness (QED) is 0.844. The van der Waals surface area contributed by atoms with Gasteiger partial charge in [0.2, 0.25) is 0 Å². The molecule has 0 spiro atoms. The standard InChI is InChI=1S/C14H14FNO/c1-10(11-5-7-12(15)8-6-11)16-13-3-2-4-14(17)9-13/h2-10,16-17H,1H3. The molecule has 2 rings (SSSR count). The molecule has 0 saturated heterocycles. The number of hydrogen-bond acceptors (Lipinski definition) is 2. The van der Waals surface area contributed by atoms with Crippen LogP contribution >= 0.6 is 0 Å². The van der Waals surface area contributed by atoms with E-state index in [0.717, 1.165) is 11.3 Å². The Labute approximate surface area is 99.7 Å². The minimum absolute atomic E-state index is 0.0531. The Bertz CT molecular complexity index is 496. The molecule has 0 amide bonds. The summed E-state index contributed by atoms with van der Waals surface area (Å²) in [5.41, 5.74) is 1.83. The molecule has 0 fully saturated rings. The molecule has 2 N–H and O–H groups in total. The number of phenols is 1. The third-order valence-corrected chi connectivity index (χ3v) is 2.60. The van der Waals surface area contributed by atoms with E-state index >= 15 is 0 Å². The molecule has 0 aliphatic heterocycles. The van der Waals surface area contributed by atoms with Crippen molar-refractivity contribution in [1.82, 2.24) is 0 Å². The van der Waals surface area contributed by atoms with Gasteiger partial charge in [0.1, 0.15) is 11.6 Å². The van der Waals surface area contributed by atoms with E-state index in [0.29, 0.717) is 0 Å². The maximum Gasteiger partial charge on any atom is 0.123 e. The lowest BCUT2D eigenvalue weighted by Gasteiger charge is -2.15. The number of rotatable bonds is 3. The number of hydrogen-bond donors (Lipinski definition) is 2. The lowest BCUT2D eigenvalue weighted by molar-refractivity contribution is 0.475. The zero-order valence-electron chi connectivity index (χ0n) is 9.52. The fourth-order valence-corrected chi connectivity index (χ4v) is 1.68. The molecule has 2 aromatic rings. The Balaban J connectivity index is 2.11. The van der Waals surface area contributed by atoms with E-state index in [1.54, 1.807) is 30.3 Å². The summed E-state index contributed by atoms with van der Waals surface area (Å²) >= 11 is 0. The van der Waals surface area contributed by atoms with Crippen LogP contribution in [0.3, 0.4) is 0 Å². The highest BCUT2D eigenvalue weighted by Gasteiger charge is 2.05. The third-order valence-electron chi connectivity index (χ3n) is 2.60. The van der Waals surface area contributed by atoms with Crippen LogP contribution in [-0.4, -0.2) is 5.11 Å². The molecule has 2 aromatic carbocycles. The first-order valence-corrected chi connectivity index (χ1v) is 5.46. The minimum Gasteiger partial charge on any atom is -0.508 e. The Morgan fingerprint density at radius 3 is 2.47 bits per heavy atom. The van der Waals surface area contributed by atoms with E-state index in [4.69, 9.17) is 0 Å². The van der Waals surface area contributed by atoms with Gasteiger partial charge in [-0.2, -0.15) is 0 Å². The van der Waals surface area contributed by atoms with Gasteiger partial charge in [0.25, 0.3) is 0 Å². The number of nitrogens with one attached hydrogen (secondary N) is 1. The maximum atomic E-state index is 12.8. The van der Waals surface area contributed by atoms with Crippen molar-refractivity contribution < 1.29 is 9.50 Å². The van der Waals surface area contributed by atoms with Gasteiger partial charge in [0.15, 0.2) is 0 Å². The molecule has 0 aromatic heterocycles. The minimum atomic E-state index is -0.238. The fraction of sp³-hybridized carbons (Fsp3) is 0.143. The first-order chi connectivity index (χ1) is 8.15. The molecule has 0 aliphatic rings. The molecule has 88 valence electrons. The number of benzene rings is 2. The molecule has 17 heavy (non-hydrogen) atoms. The largest absolute Gasteiger partial charge is 0.508 e. The normalized spacial score (nSPS) is 12.1. The number of phenolic OH excluding ortho intramolecular Hbond substituents is 1. The van der Waals surface area contributed by atoms with Crippen LogP contribution in [0.4, 0.5) is 10.1 Å². The SMILES string of the molecule is CC(Nc1cccc(O)c1)c1ccc(F)cc1. The molecule has 0 radical (unpaired) electrons. The average molecular weight is 231 g/mol. The smallest absolute Gasteiger partial charge is 0.123 e. The summed E-state index contributed by atoms with van der Waals surface area (Å²) in [4.78, 5) is 0. The molecule has 2 nitrogen and oxygen atoms in total. The summed E-state index contributed by atoms with van der Waals surface area (Å²) in [6.45, 7) is 1.98. The van der Waals surface area contributed by atoms with E-state index in [2.05, 4.69) is 5.32 Å². The summed E-state index contributed by atoms with van der Waals surface area (Å²) < 4.78 is 12.8.